The van der Waals surface area contributed by atoms with Gasteiger partial charge >= 0.3 is 0 Å². The van der Waals surface area contributed by atoms with Gasteiger partial charge in [0.15, 0.2) is 0 Å². The van der Waals surface area contributed by atoms with Crippen LogP contribution in [-0.2, 0) is 11.2 Å². The summed E-state index contributed by atoms with van der Waals surface area (Å²) in [6.07, 6.45) is 6.24. The zero-order chi connectivity index (χ0) is 9.80. The van der Waals surface area contributed by atoms with Crippen LogP contribution in [0.2, 0.25) is 0 Å². The average Bonchev–Trinajstić information content (AvgIpc) is 2.26. The largest absolute Gasteiger partial charge is 0.493 e. The van der Waals surface area contributed by atoms with E-state index in [2.05, 4.69) is 6.07 Å². The molecule has 2 nitrogen and oxygen atoms in total. The van der Waals surface area contributed by atoms with E-state index < -0.39 is 0 Å². The van der Waals surface area contributed by atoms with Gasteiger partial charge in [-0.05, 0) is 36.1 Å². The summed E-state index contributed by atoms with van der Waals surface area (Å²) in [6.45, 7) is 0.799. The fourth-order valence-corrected chi connectivity index (χ4v) is 1.61. The molecule has 0 saturated carbocycles. The third-order valence-corrected chi connectivity index (χ3v) is 2.31. The molecule has 2 rings (SSSR count). The summed E-state index contributed by atoms with van der Waals surface area (Å²) in [7, 11) is 0. The number of benzene rings is 1. The molecule has 1 aromatic carbocycles. The van der Waals surface area contributed by atoms with Gasteiger partial charge in [-0.15, -0.1) is 0 Å². The second kappa shape index (κ2) is 4.09. The van der Waals surface area contributed by atoms with Crippen LogP contribution in [0.1, 0.15) is 17.5 Å². The first-order valence-corrected chi connectivity index (χ1v) is 4.78. The van der Waals surface area contributed by atoms with Crippen LogP contribution in [0.25, 0.3) is 6.08 Å². The molecule has 0 unspecified atom stereocenters. The maximum atomic E-state index is 10.1. The van der Waals surface area contributed by atoms with Crippen LogP contribution in [0.4, 0.5) is 0 Å². The molecule has 0 amide bonds. The maximum absolute atomic E-state index is 10.1. The first kappa shape index (κ1) is 9.00. The molecule has 1 heterocycles. The summed E-state index contributed by atoms with van der Waals surface area (Å²) in [5.74, 6) is 0.962. The SMILES string of the molecule is O=CC=Cc1ccc2c(c1)OCCC2. The van der Waals surface area contributed by atoms with E-state index in [0.717, 1.165) is 37.0 Å². The molecule has 0 bridgehead atoms. The van der Waals surface area contributed by atoms with Crippen molar-refractivity contribution in [1.82, 2.24) is 0 Å². The molecule has 1 aliphatic rings. The summed E-state index contributed by atoms with van der Waals surface area (Å²) in [4.78, 5) is 10.1. The fourth-order valence-electron chi connectivity index (χ4n) is 1.61. The highest BCUT2D eigenvalue weighted by Gasteiger charge is 2.09. The number of aryl methyl sites for hydroxylation is 1. The third kappa shape index (κ3) is 1.84. The van der Waals surface area contributed by atoms with Crippen molar-refractivity contribution in [2.75, 3.05) is 6.61 Å². The van der Waals surface area contributed by atoms with Gasteiger partial charge < -0.3 is 4.74 Å². The molecule has 0 aliphatic carbocycles. The lowest BCUT2D eigenvalue weighted by molar-refractivity contribution is -0.104. The number of fused-ring (bicyclic) bond motifs is 1. The standard InChI is InChI=1S/C12H12O2/c13-7-1-3-10-5-6-11-4-2-8-14-12(11)9-10/h1,3,5-7,9H,2,4,8H2. The molecule has 0 atom stereocenters. The number of hydrogen-bond donors (Lipinski definition) is 0. The maximum Gasteiger partial charge on any atom is 0.142 e. The van der Waals surface area contributed by atoms with Crippen LogP contribution in [0.5, 0.6) is 5.75 Å². The first-order chi connectivity index (χ1) is 6.90. The van der Waals surface area contributed by atoms with Gasteiger partial charge in [0.05, 0.1) is 6.61 Å². The average molecular weight is 188 g/mol. The Hall–Kier alpha value is -1.57. The van der Waals surface area contributed by atoms with Crippen LogP contribution < -0.4 is 4.74 Å². The zero-order valence-electron chi connectivity index (χ0n) is 7.90. The summed E-state index contributed by atoms with van der Waals surface area (Å²) in [6, 6.07) is 6.06. The Morgan fingerprint density at radius 2 is 2.29 bits per heavy atom. The molecular formula is C12H12O2. The Bertz CT molecular complexity index is 367. The summed E-state index contributed by atoms with van der Waals surface area (Å²) >= 11 is 0. The Balaban J connectivity index is 2.28. The van der Waals surface area contributed by atoms with E-state index in [1.54, 1.807) is 6.08 Å². The second-order valence-corrected chi connectivity index (χ2v) is 3.31. The van der Waals surface area contributed by atoms with E-state index in [1.807, 2.05) is 12.1 Å². The molecule has 1 aromatic rings. The van der Waals surface area contributed by atoms with Crippen LogP contribution in [0, 0.1) is 0 Å². The van der Waals surface area contributed by atoms with Crippen molar-refractivity contribution in [3.8, 4) is 5.75 Å². The monoisotopic (exact) mass is 188 g/mol. The molecule has 72 valence electrons. The summed E-state index contributed by atoms with van der Waals surface area (Å²) in [5, 5.41) is 0. The minimum atomic E-state index is 0.778. The number of carbonyl (C=O) groups is 1. The molecule has 1 aliphatic heterocycles. The van der Waals surface area contributed by atoms with Crippen molar-refractivity contribution in [3.05, 3.63) is 35.4 Å². The van der Waals surface area contributed by atoms with E-state index in [0.29, 0.717) is 0 Å². The van der Waals surface area contributed by atoms with Gasteiger partial charge in [-0.3, -0.25) is 4.79 Å². The third-order valence-electron chi connectivity index (χ3n) is 2.31. The van der Waals surface area contributed by atoms with Gasteiger partial charge in [0.1, 0.15) is 12.0 Å². The summed E-state index contributed by atoms with van der Waals surface area (Å²) in [5.41, 5.74) is 2.28. The number of aldehydes is 1. The number of carbonyl (C=O) groups excluding carboxylic acids is 1. The Morgan fingerprint density at radius 3 is 3.14 bits per heavy atom. The van der Waals surface area contributed by atoms with E-state index in [9.17, 15) is 4.79 Å². The molecule has 14 heavy (non-hydrogen) atoms. The lowest BCUT2D eigenvalue weighted by atomic mass is 10.0. The Labute approximate surface area is 83.2 Å². The van der Waals surface area contributed by atoms with Crippen molar-refractivity contribution in [1.29, 1.82) is 0 Å². The fraction of sp³-hybridized carbons (Fsp3) is 0.250. The van der Waals surface area contributed by atoms with Crippen LogP contribution in [0.3, 0.4) is 0 Å². The zero-order valence-corrected chi connectivity index (χ0v) is 7.90. The quantitative estimate of drug-likeness (QED) is 0.525. The first-order valence-electron chi connectivity index (χ1n) is 4.78. The van der Waals surface area contributed by atoms with Crippen molar-refractivity contribution in [3.63, 3.8) is 0 Å². The van der Waals surface area contributed by atoms with E-state index in [-0.39, 0.29) is 0 Å². The highest BCUT2D eigenvalue weighted by molar-refractivity contribution is 5.74. The van der Waals surface area contributed by atoms with Crippen LogP contribution in [-0.4, -0.2) is 12.9 Å². The van der Waals surface area contributed by atoms with Gasteiger partial charge in [0.2, 0.25) is 0 Å². The predicted octanol–water partition coefficient (Wildman–Crippen LogP) is 2.22. The molecule has 0 radical (unpaired) electrons. The van der Waals surface area contributed by atoms with Crippen LogP contribution in [0.15, 0.2) is 24.3 Å². The molecule has 0 fully saturated rings. The van der Waals surface area contributed by atoms with Crippen molar-refractivity contribution >= 4 is 12.4 Å². The number of ether oxygens (including phenoxy) is 1. The van der Waals surface area contributed by atoms with Crippen molar-refractivity contribution in [2.24, 2.45) is 0 Å². The van der Waals surface area contributed by atoms with E-state index in [1.165, 1.54) is 11.6 Å². The van der Waals surface area contributed by atoms with E-state index in [4.69, 9.17) is 4.74 Å². The highest BCUT2D eigenvalue weighted by atomic mass is 16.5. The topological polar surface area (TPSA) is 26.3 Å². The van der Waals surface area contributed by atoms with Gasteiger partial charge in [0.25, 0.3) is 0 Å². The predicted molar refractivity (Wildman–Crippen MR) is 55.4 cm³/mol. The Morgan fingerprint density at radius 1 is 1.36 bits per heavy atom. The second-order valence-electron chi connectivity index (χ2n) is 3.31. The number of rotatable bonds is 2. The lowest BCUT2D eigenvalue weighted by Gasteiger charge is -2.17. The van der Waals surface area contributed by atoms with Gasteiger partial charge in [-0.2, -0.15) is 0 Å². The Kier molecular flexibility index (Phi) is 2.63. The molecular weight excluding hydrogens is 176 g/mol. The molecule has 0 aromatic heterocycles. The number of hydrogen-bond acceptors (Lipinski definition) is 2. The minimum absolute atomic E-state index is 0.778. The highest BCUT2D eigenvalue weighted by Crippen LogP contribution is 2.26. The van der Waals surface area contributed by atoms with Gasteiger partial charge in [-0.25, -0.2) is 0 Å². The normalized spacial score (nSPS) is 14.9. The minimum Gasteiger partial charge on any atom is -0.493 e. The van der Waals surface area contributed by atoms with Gasteiger partial charge in [-0.1, -0.05) is 18.2 Å². The molecule has 0 spiro atoms. The van der Waals surface area contributed by atoms with E-state index >= 15 is 0 Å². The van der Waals surface area contributed by atoms with Crippen LogP contribution >= 0.6 is 0 Å². The molecule has 0 N–H and O–H groups in total. The summed E-state index contributed by atoms with van der Waals surface area (Å²) < 4.78 is 5.52. The molecule has 2 heteroatoms. The smallest absolute Gasteiger partial charge is 0.142 e. The lowest BCUT2D eigenvalue weighted by Crippen LogP contribution is -2.07. The van der Waals surface area contributed by atoms with Crippen molar-refractivity contribution < 1.29 is 9.53 Å². The van der Waals surface area contributed by atoms with Gasteiger partial charge in [0, 0.05) is 0 Å². The van der Waals surface area contributed by atoms with Crippen molar-refractivity contribution in [2.45, 2.75) is 12.8 Å². The molecule has 0 saturated heterocycles. The number of allylic oxidation sites excluding steroid dienone is 1.